The van der Waals surface area contributed by atoms with Crippen LogP contribution < -0.4 is 5.32 Å². The van der Waals surface area contributed by atoms with E-state index >= 15 is 0 Å². The van der Waals surface area contributed by atoms with Crippen molar-refractivity contribution in [2.75, 3.05) is 25.0 Å². The van der Waals surface area contributed by atoms with Gasteiger partial charge in [0.1, 0.15) is 0 Å². The molecule has 0 aromatic heterocycles. The second-order valence-corrected chi connectivity index (χ2v) is 6.53. The summed E-state index contributed by atoms with van der Waals surface area (Å²) in [7, 11) is 0. The zero-order chi connectivity index (χ0) is 16.4. The summed E-state index contributed by atoms with van der Waals surface area (Å²) in [5, 5.41) is 3.50. The molecule has 0 aliphatic carbocycles. The fourth-order valence-corrected chi connectivity index (χ4v) is 3.60. The molecule has 2 heterocycles. The highest BCUT2D eigenvalue weighted by atomic mass is 35.5. The van der Waals surface area contributed by atoms with Crippen molar-refractivity contribution < 1.29 is 9.59 Å². The lowest BCUT2D eigenvalue weighted by atomic mass is 9.76. The molecule has 1 N–H and O–H groups in total. The van der Waals surface area contributed by atoms with Gasteiger partial charge in [0.05, 0.1) is 0 Å². The number of hydrogen-bond donors (Lipinski definition) is 1. The number of benzene rings is 1. The van der Waals surface area contributed by atoms with Crippen molar-refractivity contribution in [3.8, 4) is 0 Å². The van der Waals surface area contributed by atoms with E-state index in [1.807, 2.05) is 17.0 Å². The molecule has 5 nitrogen and oxygen atoms in total. The zero-order valence-electron chi connectivity index (χ0n) is 12.9. The molecule has 0 unspecified atom stereocenters. The molecule has 1 aromatic rings. The number of hydrogen-bond acceptors (Lipinski definition) is 2. The molecule has 2 aliphatic rings. The van der Waals surface area contributed by atoms with Gasteiger partial charge in [-0.15, -0.1) is 0 Å². The normalized spacial score (nSPS) is 19.2. The molecule has 122 valence electrons. The molecular weight excluding hydrogens is 314 g/mol. The van der Waals surface area contributed by atoms with Crippen LogP contribution in [-0.4, -0.2) is 46.9 Å². The Hall–Kier alpha value is -2.01. The van der Waals surface area contributed by atoms with Crippen molar-refractivity contribution in [1.82, 2.24) is 9.80 Å². The van der Waals surface area contributed by atoms with E-state index in [-0.39, 0.29) is 17.5 Å². The summed E-state index contributed by atoms with van der Waals surface area (Å²) >= 11 is 5.95. The minimum Gasteiger partial charge on any atom is -0.339 e. The number of nitrogens with zero attached hydrogens (tertiary/aromatic N) is 2. The lowest BCUT2D eigenvalue weighted by Gasteiger charge is -2.56. The van der Waals surface area contributed by atoms with Gasteiger partial charge in [0.15, 0.2) is 0 Å². The first-order valence-corrected chi connectivity index (χ1v) is 8.17. The molecule has 6 heteroatoms. The quantitative estimate of drug-likeness (QED) is 0.845. The number of amides is 3. The molecule has 1 aromatic carbocycles. The molecule has 23 heavy (non-hydrogen) atoms. The number of carbonyl (C=O) groups excluding carboxylic acids is 2. The van der Waals surface area contributed by atoms with Gasteiger partial charge in [-0.25, -0.2) is 4.79 Å². The first kappa shape index (κ1) is 15.9. The van der Waals surface area contributed by atoms with Crippen molar-refractivity contribution in [2.45, 2.75) is 24.8 Å². The molecule has 0 atom stereocenters. The van der Waals surface area contributed by atoms with Crippen molar-refractivity contribution >= 4 is 29.2 Å². The third kappa shape index (κ3) is 3.06. The van der Waals surface area contributed by atoms with Crippen LogP contribution in [0.5, 0.6) is 0 Å². The maximum atomic E-state index is 12.5. The highest BCUT2D eigenvalue weighted by Gasteiger charge is 2.49. The van der Waals surface area contributed by atoms with Gasteiger partial charge < -0.3 is 15.1 Å². The van der Waals surface area contributed by atoms with Crippen LogP contribution in [0.25, 0.3) is 0 Å². The third-order valence-electron chi connectivity index (χ3n) is 4.87. The number of rotatable bonds is 2. The van der Waals surface area contributed by atoms with Crippen LogP contribution in [0.3, 0.4) is 0 Å². The zero-order valence-corrected chi connectivity index (χ0v) is 13.7. The lowest BCUT2D eigenvalue weighted by Crippen LogP contribution is -2.66. The molecule has 0 radical (unpaired) electrons. The predicted octanol–water partition coefficient (Wildman–Crippen LogP) is 3.12. The second-order valence-electron chi connectivity index (χ2n) is 6.10. The van der Waals surface area contributed by atoms with Crippen LogP contribution in [0.4, 0.5) is 10.5 Å². The molecule has 1 spiro atoms. The molecule has 0 saturated carbocycles. The molecule has 3 amide bonds. The summed E-state index contributed by atoms with van der Waals surface area (Å²) in [5.41, 5.74) is 0.587. The van der Waals surface area contributed by atoms with E-state index < -0.39 is 0 Å². The van der Waals surface area contributed by atoms with E-state index in [9.17, 15) is 9.59 Å². The summed E-state index contributed by atoms with van der Waals surface area (Å²) in [6, 6.07) is 7.04. The monoisotopic (exact) mass is 333 g/mol. The fraction of sp³-hybridized carbons (Fsp3) is 0.412. The van der Waals surface area contributed by atoms with Crippen molar-refractivity contribution in [3.05, 3.63) is 41.9 Å². The van der Waals surface area contributed by atoms with Crippen LogP contribution in [0.2, 0.25) is 5.02 Å². The number of halogens is 1. The third-order valence-corrected chi connectivity index (χ3v) is 5.11. The Balaban J connectivity index is 1.62. The average molecular weight is 334 g/mol. The first-order chi connectivity index (χ1) is 11.0. The minimum atomic E-state index is -0.111. The summed E-state index contributed by atoms with van der Waals surface area (Å²) in [6.45, 7) is 5.62. The van der Waals surface area contributed by atoms with E-state index in [4.69, 9.17) is 11.6 Å². The Labute approximate surface area is 140 Å². The number of piperidine rings is 1. The van der Waals surface area contributed by atoms with Gasteiger partial charge in [-0.3, -0.25) is 4.79 Å². The van der Waals surface area contributed by atoms with E-state index in [0.29, 0.717) is 23.8 Å². The standard InChI is InChI=1S/C17H20ClN3O2/c1-2-15(22)20-9-6-17(7-10-20)8-11-21(17)16(23)19-14-5-3-4-13(18)12-14/h2-5,12H,1,6-11H2,(H,19,23). The molecule has 2 aliphatic heterocycles. The van der Waals surface area contributed by atoms with Crippen molar-refractivity contribution in [2.24, 2.45) is 0 Å². The van der Waals surface area contributed by atoms with E-state index in [1.165, 1.54) is 6.08 Å². The Morgan fingerprint density at radius 3 is 2.48 bits per heavy atom. The summed E-state index contributed by atoms with van der Waals surface area (Å²) in [5.74, 6) is -0.0332. The van der Waals surface area contributed by atoms with Gasteiger partial charge in [0, 0.05) is 35.9 Å². The van der Waals surface area contributed by atoms with Gasteiger partial charge in [-0.05, 0) is 43.5 Å². The van der Waals surface area contributed by atoms with Gasteiger partial charge in [-0.2, -0.15) is 0 Å². The van der Waals surface area contributed by atoms with Crippen LogP contribution in [0.15, 0.2) is 36.9 Å². The molecule has 2 fully saturated rings. The van der Waals surface area contributed by atoms with Crippen LogP contribution in [0, 0.1) is 0 Å². The predicted molar refractivity (Wildman–Crippen MR) is 90.5 cm³/mol. The smallest absolute Gasteiger partial charge is 0.322 e. The lowest BCUT2D eigenvalue weighted by molar-refractivity contribution is -0.129. The van der Waals surface area contributed by atoms with Crippen molar-refractivity contribution in [1.29, 1.82) is 0 Å². The number of likely N-dealkylation sites (tertiary alicyclic amines) is 2. The molecule has 3 rings (SSSR count). The Bertz CT molecular complexity index is 638. The van der Waals surface area contributed by atoms with Gasteiger partial charge in [0.25, 0.3) is 0 Å². The maximum absolute atomic E-state index is 12.5. The van der Waals surface area contributed by atoms with Gasteiger partial charge in [-0.1, -0.05) is 24.2 Å². The average Bonchev–Trinajstić information content (AvgIpc) is 2.53. The van der Waals surface area contributed by atoms with Crippen LogP contribution >= 0.6 is 11.6 Å². The molecular formula is C17H20ClN3O2. The number of carbonyl (C=O) groups is 2. The highest BCUT2D eigenvalue weighted by molar-refractivity contribution is 6.30. The minimum absolute atomic E-state index is 0.0332. The van der Waals surface area contributed by atoms with Gasteiger partial charge in [0.2, 0.25) is 5.91 Å². The Kier molecular flexibility index (Phi) is 4.31. The van der Waals surface area contributed by atoms with E-state index in [1.54, 1.807) is 17.0 Å². The summed E-state index contributed by atoms with van der Waals surface area (Å²) < 4.78 is 0. The van der Waals surface area contributed by atoms with Crippen LogP contribution in [-0.2, 0) is 4.79 Å². The number of nitrogens with one attached hydrogen (secondary N) is 1. The Morgan fingerprint density at radius 2 is 1.91 bits per heavy atom. The van der Waals surface area contributed by atoms with Crippen molar-refractivity contribution in [3.63, 3.8) is 0 Å². The SMILES string of the molecule is C=CC(=O)N1CCC2(CC1)CCN2C(=O)Nc1cccc(Cl)c1. The molecule has 2 saturated heterocycles. The largest absolute Gasteiger partial charge is 0.339 e. The maximum Gasteiger partial charge on any atom is 0.322 e. The molecule has 0 bridgehead atoms. The summed E-state index contributed by atoms with van der Waals surface area (Å²) in [6.07, 6.45) is 3.97. The first-order valence-electron chi connectivity index (χ1n) is 7.80. The van der Waals surface area contributed by atoms with Gasteiger partial charge >= 0.3 is 6.03 Å². The highest BCUT2D eigenvalue weighted by Crippen LogP contribution is 2.40. The van der Waals surface area contributed by atoms with Crippen LogP contribution in [0.1, 0.15) is 19.3 Å². The number of anilines is 1. The number of urea groups is 1. The fourth-order valence-electron chi connectivity index (χ4n) is 3.41. The summed E-state index contributed by atoms with van der Waals surface area (Å²) in [4.78, 5) is 27.9. The van der Waals surface area contributed by atoms with E-state index in [2.05, 4.69) is 11.9 Å². The second kappa shape index (κ2) is 6.24. The Morgan fingerprint density at radius 1 is 1.22 bits per heavy atom. The topological polar surface area (TPSA) is 52.7 Å². The van der Waals surface area contributed by atoms with E-state index in [0.717, 1.165) is 25.8 Å².